The van der Waals surface area contributed by atoms with Crippen molar-refractivity contribution in [2.75, 3.05) is 46.2 Å². The number of ether oxygens (including phenoxy) is 4. The molecule has 0 aromatic heterocycles. The first-order valence-corrected chi connectivity index (χ1v) is 8.45. The molecule has 0 amide bonds. The van der Waals surface area contributed by atoms with Crippen molar-refractivity contribution in [2.45, 2.75) is 0 Å². The Bertz CT molecular complexity index is 517. The van der Waals surface area contributed by atoms with Gasteiger partial charge in [0.25, 0.3) is 0 Å². The predicted octanol–water partition coefficient (Wildman–Crippen LogP) is 3.44. The second-order valence-electron chi connectivity index (χ2n) is 5.85. The molecular formula is C21H28O5. The van der Waals surface area contributed by atoms with Crippen molar-refractivity contribution in [3.8, 4) is 0 Å². The third-order valence-corrected chi connectivity index (χ3v) is 3.45. The van der Waals surface area contributed by atoms with Gasteiger partial charge in [-0.15, -0.1) is 19.7 Å². The molecule has 0 fully saturated rings. The van der Waals surface area contributed by atoms with Crippen molar-refractivity contribution in [3.05, 3.63) is 73.9 Å². The molecule has 0 spiro atoms. The number of carbonyl (C=O) groups is 1. The molecule has 0 unspecified atom stereocenters. The highest BCUT2D eigenvalue weighted by Crippen LogP contribution is 2.21. The molecule has 1 rings (SSSR count). The van der Waals surface area contributed by atoms with Gasteiger partial charge in [0.05, 0.1) is 50.6 Å². The highest BCUT2D eigenvalue weighted by atomic mass is 16.5. The zero-order valence-electron chi connectivity index (χ0n) is 15.2. The Balaban J connectivity index is 2.81. The summed E-state index contributed by atoms with van der Waals surface area (Å²) in [5, 5.41) is 0. The van der Waals surface area contributed by atoms with Crippen molar-refractivity contribution < 1.29 is 23.7 Å². The van der Waals surface area contributed by atoms with Crippen molar-refractivity contribution in [1.82, 2.24) is 0 Å². The zero-order valence-corrected chi connectivity index (χ0v) is 15.2. The van der Waals surface area contributed by atoms with E-state index in [2.05, 4.69) is 19.7 Å². The normalized spacial score (nSPS) is 10.9. The molecule has 0 atom stereocenters. The molecule has 0 aliphatic carbocycles. The van der Waals surface area contributed by atoms with Crippen LogP contribution in [0.1, 0.15) is 10.4 Å². The lowest BCUT2D eigenvalue weighted by atomic mass is 9.92. The van der Waals surface area contributed by atoms with E-state index in [0.29, 0.717) is 45.2 Å². The molecule has 0 bridgehead atoms. The summed E-state index contributed by atoms with van der Waals surface area (Å²) in [6, 6.07) is 8.84. The fourth-order valence-corrected chi connectivity index (χ4v) is 2.20. The van der Waals surface area contributed by atoms with E-state index in [1.54, 1.807) is 42.5 Å². The largest absolute Gasteiger partial charge is 0.461 e. The minimum Gasteiger partial charge on any atom is -0.461 e. The highest BCUT2D eigenvalue weighted by Gasteiger charge is 2.34. The summed E-state index contributed by atoms with van der Waals surface area (Å²) in [7, 11) is 0. The van der Waals surface area contributed by atoms with Crippen LogP contribution in [0.2, 0.25) is 0 Å². The highest BCUT2D eigenvalue weighted by molar-refractivity contribution is 5.89. The summed E-state index contributed by atoms with van der Waals surface area (Å²) in [4.78, 5) is 12.3. The quantitative estimate of drug-likeness (QED) is 0.272. The van der Waals surface area contributed by atoms with Gasteiger partial charge in [0.15, 0.2) is 0 Å². The van der Waals surface area contributed by atoms with Crippen LogP contribution in [0.5, 0.6) is 0 Å². The number of rotatable bonds is 15. The topological polar surface area (TPSA) is 54.0 Å². The van der Waals surface area contributed by atoms with Crippen LogP contribution in [0.4, 0.5) is 0 Å². The molecule has 0 N–H and O–H groups in total. The summed E-state index contributed by atoms with van der Waals surface area (Å²) < 4.78 is 22.4. The van der Waals surface area contributed by atoms with E-state index in [1.165, 1.54) is 0 Å². The molecule has 0 aliphatic heterocycles. The Labute approximate surface area is 155 Å². The smallest absolute Gasteiger partial charge is 0.338 e. The summed E-state index contributed by atoms with van der Waals surface area (Å²) in [6.07, 6.45) is 4.99. The number of benzene rings is 1. The van der Waals surface area contributed by atoms with Crippen molar-refractivity contribution in [3.63, 3.8) is 0 Å². The van der Waals surface area contributed by atoms with Crippen LogP contribution in [0, 0.1) is 5.41 Å². The summed E-state index contributed by atoms with van der Waals surface area (Å²) in [5.74, 6) is -0.397. The van der Waals surface area contributed by atoms with Gasteiger partial charge in [-0.05, 0) is 12.1 Å². The fourth-order valence-electron chi connectivity index (χ4n) is 2.20. The molecule has 1 aromatic carbocycles. The Morgan fingerprint density at radius 2 is 1.27 bits per heavy atom. The van der Waals surface area contributed by atoms with E-state index in [-0.39, 0.29) is 6.61 Å². The van der Waals surface area contributed by atoms with Gasteiger partial charge in [-0.1, -0.05) is 36.4 Å². The maximum atomic E-state index is 12.3. The first-order chi connectivity index (χ1) is 12.7. The van der Waals surface area contributed by atoms with Crippen LogP contribution >= 0.6 is 0 Å². The summed E-state index contributed by atoms with van der Waals surface area (Å²) in [5.41, 5.74) is -0.146. The second-order valence-corrected chi connectivity index (χ2v) is 5.85. The molecule has 5 heteroatoms. The van der Waals surface area contributed by atoms with E-state index in [9.17, 15) is 4.79 Å². The number of hydrogen-bond donors (Lipinski definition) is 0. The van der Waals surface area contributed by atoms with Crippen molar-refractivity contribution >= 4 is 5.97 Å². The minimum absolute atomic E-state index is 0.103. The summed E-state index contributed by atoms with van der Waals surface area (Å²) >= 11 is 0. The van der Waals surface area contributed by atoms with Gasteiger partial charge in [-0.2, -0.15) is 0 Å². The Morgan fingerprint density at radius 3 is 1.69 bits per heavy atom. The van der Waals surface area contributed by atoms with Crippen LogP contribution in [0.15, 0.2) is 68.3 Å². The number of esters is 1. The molecule has 0 heterocycles. The van der Waals surface area contributed by atoms with Gasteiger partial charge >= 0.3 is 5.97 Å². The van der Waals surface area contributed by atoms with E-state index >= 15 is 0 Å². The lowest BCUT2D eigenvalue weighted by Gasteiger charge is -2.32. The van der Waals surface area contributed by atoms with Crippen LogP contribution in [-0.4, -0.2) is 52.2 Å². The van der Waals surface area contributed by atoms with Crippen molar-refractivity contribution in [2.24, 2.45) is 5.41 Å². The monoisotopic (exact) mass is 360 g/mol. The van der Waals surface area contributed by atoms with Gasteiger partial charge in [0.2, 0.25) is 0 Å². The Morgan fingerprint density at radius 1 is 0.808 bits per heavy atom. The molecule has 0 saturated heterocycles. The third-order valence-electron chi connectivity index (χ3n) is 3.45. The fraction of sp³-hybridized carbons (Fsp3) is 0.381. The van der Waals surface area contributed by atoms with Crippen LogP contribution in [0.25, 0.3) is 0 Å². The minimum atomic E-state index is -0.639. The first kappa shape index (κ1) is 21.8. The Hall–Kier alpha value is -2.21. The molecule has 1 aromatic rings. The number of hydrogen-bond acceptors (Lipinski definition) is 5. The van der Waals surface area contributed by atoms with Crippen LogP contribution in [0.3, 0.4) is 0 Å². The van der Waals surface area contributed by atoms with Gasteiger partial charge in [0.1, 0.15) is 6.61 Å². The number of carbonyl (C=O) groups excluding carboxylic acids is 1. The molecule has 0 aliphatic rings. The van der Waals surface area contributed by atoms with E-state index in [4.69, 9.17) is 18.9 Å². The average Bonchev–Trinajstić information content (AvgIpc) is 2.67. The van der Waals surface area contributed by atoms with Crippen molar-refractivity contribution in [1.29, 1.82) is 0 Å². The predicted molar refractivity (Wildman–Crippen MR) is 102 cm³/mol. The lowest BCUT2D eigenvalue weighted by Crippen LogP contribution is -2.42. The molecule has 0 radical (unpaired) electrons. The first-order valence-electron chi connectivity index (χ1n) is 8.45. The van der Waals surface area contributed by atoms with Crippen LogP contribution < -0.4 is 0 Å². The SMILES string of the molecule is C=CCOCC(COCC=C)(COCC=C)COC(=O)c1ccccc1. The molecule has 142 valence electrons. The van der Waals surface area contributed by atoms with E-state index < -0.39 is 11.4 Å². The molecular weight excluding hydrogens is 332 g/mol. The van der Waals surface area contributed by atoms with Gasteiger partial charge < -0.3 is 18.9 Å². The average molecular weight is 360 g/mol. The summed E-state index contributed by atoms with van der Waals surface area (Å²) in [6.45, 7) is 13.1. The molecule has 0 saturated carbocycles. The van der Waals surface area contributed by atoms with Gasteiger partial charge in [-0.25, -0.2) is 4.79 Å². The molecule has 26 heavy (non-hydrogen) atoms. The lowest BCUT2D eigenvalue weighted by molar-refractivity contribution is -0.0865. The standard InChI is InChI=1S/C21H28O5/c1-4-12-23-15-21(16-24-13-5-2,17-25-14-6-3)18-26-20(22)19-10-8-7-9-11-19/h4-11H,1-3,12-18H2. The Kier molecular flexibility index (Phi) is 11.0. The van der Waals surface area contributed by atoms with E-state index in [1.807, 2.05) is 6.07 Å². The third kappa shape index (κ3) is 8.25. The second kappa shape index (κ2) is 13.1. The van der Waals surface area contributed by atoms with Gasteiger partial charge in [0, 0.05) is 0 Å². The van der Waals surface area contributed by atoms with Crippen LogP contribution in [-0.2, 0) is 18.9 Å². The maximum Gasteiger partial charge on any atom is 0.338 e. The molecule has 5 nitrogen and oxygen atoms in total. The van der Waals surface area contributed by atoms with Gasteiger partial charge in [-0.3, -0.25) is 0 Å². The zero-order chi connectivity index (χ0) is 19.1. The van der Waals surface area contributed by atoms with E-state index in [0.717, 1.165) is 0 Å². The maximum absolute atomic E-state index is 12.3.